The molecule has 0 fully saturated rings. The van der Waals surface area contributed by atoms with Crippen LogP contribution in [0.4, 0.5) is 5.69 Å². The fourth-order valence-corrected chi connectivity index (χ4v) is 1.39. The predicted molar refractivity (Wildman–Crippen MR) is 55.2 cm³/mol. The number of hydrogen-bond acceptors (Lipinski definition) is 3. The summed E-state index contributed by atoms with van der Waals surface area (Å²) in [6, 6.07) is 7.56. The van der Waals surface area contributed by atoms with Crippen molar-refractivity contribution in [1.29, 1.82) is 0 Å². The van der Waals surface area contributed by atoms with Crippen LogP contribution < -0.4 is 16.8 Å². The lowest BCUT2D eigenvalue weighted by atomic mass is 10.0. The lowest BCUT2D eigenvalue weighted by Gasteiger charge is -2.29. The van der Waals surface area contributed by atoms with Gasteiger partial charge >= 0.3 is 0 Å². The van der Waals surface area contributed by atoms with Gasteiger partial charge in [0.05, 0.1) is 0 Å². The van der Waals surface area contributed by atoms with E-state index >= 15 is 0 Å². The average Bonchev–Trinajstić information content (AvgIpc) is 2.17. The molecule has 4 heteroatoms. The maximum absolute atomic E-state index is 11.1. The van der Waals surface area contributed by atoms with E-state index in [1.54, 1.807) is 12.2 Å². The van der Waals surface area contributed by atoms with Crippen molar-refractivity contribution in [2.24, 2.45) is 11.5 Å². The lowest BCUT2D eigenvalue weighted by Crippen LogP contribution is -2.57. The second kappa shape index (κ2) is 2.85. The molecule has 1 unspecified atom stereocenters. The Kier molecular flexibility index (Phi) is 1.79. The maximum atomic E-state index is 11.1. The highest BCUT2D eigenvalue weighted by atomic mass is 16.2. The molecule has 1 aliphatic rings. The molecule has 72 valence electrons. The number of nitrogens with one attached hydrogen (secondary N) is 1. The number of primary amides is 1. The van der Waals surface area contributed by atoms with Crippen molar-refractivity contribution in [2.45, 2.75) is 5.66 Å². The van der Waals surface area contributed by atoms with E-state index in [0.29, 0.717) is 0 Å². The van der Waals surface area contributed by atoms with Gasteiger partial charge in [0.25, 0.3) is 5.91 Å². The summed E-state index contributed by atoms with van der Waals surface area (Å²) in [5, 5.41) is 2.89. The van der Waals surface area contributed by atoms with Gasteiger partial charge < -0.3 is 11.1 Å². The summed E-state index contributed by atoms with van der Waals surface area (Å²) in [5.74, 6) is -0.594. The monoisotopic (exact) mass is 189 g/mol. The number of nitrogens with two attached hydrogens (primary N) is 2. The van der Waals surface area contributed by atoms with Crippen LogP contribution in [0.2, 0.25) is 0 Å². The summed E-state index contributed by atoms with van der Waals surface area (Å²) in [6.45, 7) is 0. The Hall–Kier alpha value is -1.81. The summed E-state index contributed by atoms with van der Waals surface area (Å²) in [5.41, 5.74) is 11.5. The van der Waals surface area contributed by atoms with Crippen molar-refractivity contribution in [1.82, 2.24) is 0 Å². The molecule has 0 spiro atoms. The molecule has 0 saturated heterocycles. The van der Waals surface area contributed by atoms with Crippen molar-refractivity contribution < 1.29 is 4.79 Å². The van der Waals surface area contributed by atoms with Crippen LogP contribution >= 0.6 is 0 Å². The number of carbonyl (C=O) groups excluding carboxylic acids is 1. The Morgan fingerprint density at radius 3 is 2.79 bits per heavy atom. The highest BCUT2D eigenvalue weighted by Gasteiger charge is 2.31. The van der Waals surface area contributed by atoms with Crippen molar-refractivity contribution in [3.05, 3.63) is 35.9 Å². The van der Waals surface area contributed by atoms with Crippen LogP contribution in [-0.2, 0) is 4.79 Å². The van der Waals surface area contributed by atoms with E-state index in [1.807, 2.05) is 24.3 Å². The van der Waals surface area contributed by atoms with Crippen LogP contribution in [-0.4, -0.2) is 11.6 Å². The molecule has 5 N–H and O–H groups in total. The van der Waals surface area contributed by atoms with Crippen LogP contribution in [0, 0.1) is 0 Å². The van der Waals surface area contributed by atoms with E-state index in [9.17, 15) is 4.79 Å². The molecule has 0 aromatic heterocycles. The fourth-order valence-electron chi connectivity index (χ4n) is 1.39. The van der Waals surface area contributed by atoms with Crippen molar-refractivity contribution in [3.63, 3.8) is 0 Å². The zero-order valence-electron chi connectivity index (χ0n) is 7.53. The third-order valence-electron chi connectivity index (χ3n) is 2.24. The van der Waals surface area contributed by atoms with Gasteiger partial charge in [-0.3, -0.25) is 10.5 Å². The molecule has 0 radical (unpaired) electrons. The topological polar surface area (TPSA) is 81.1 Å². The molecule has 1 aliphatic heterocycles. The molecule has 2 rings (SSSR count). The largest absolute Gasteiger partial charge is 0.366 e. The van der Waals surface area contributed by atoms with Crippen molar-refractivity contribution in [2.75, 3.05) is 5.32 Å². The van der Waals surface area contributed by atoms with Crippen molar-refractivity contribution >= 4 is 17.7 Å². The third-order valence-corrected chi connectivity index (χ3v) is 2.24. The fraction of sp³-hybridized carbons (Fsp3) is 0.100. The van der Waals surface area contributed by atoms with Crippen LogP contribution in [0.15, 0.2) is 30.3 Å². The van der Waals surface area contributed by atoms with Crippen molar-refractivity contribution in [3.8, 4) is 0 Å². The summed E-state index contributed by atoms with van der Waals surface area (Å²) >= 11 is 0. The highest BCUT2D eigenvalue weighted by molar-refractivity contribution is 5.93. The molecule has 1 atom stereocenters. The van der Waals surface area contributed by atoms with Crippen LogP contribution in [0.1, 0.15) is 5.56 Å². The molecular formula is C10H11N3O. The van der Waals surface area contributed by atoms with Gasteiger partial charge in [0, 0.05) is 5.69 Å². The molecule has 0 saturated carbocycles. The van der Waals surface area contributed by atoms with Crippen LogP contribution in [0.3, 0.4) is 0 Å². The first-order valence-corrected chi connectivity index (χ1v) is 4.27. The van der Waals surface area contributed by atoms with E-state index in [0.717, 1.165) is 11.3 Å². The van der Waals surface area contributed by atoms with E-state index < -0.39 is 11.6 Å². The number of carbonyl (C=O) groups is 1. The number of rotatable bonds is 1. The normalized spacial score (nSPS) is 23.8. The number of hydrogen-bond donors (Lipinski definition) is 3. The molecule has 0 aliphatic carbocycles. The summed E-state index contributed by atoms with van der Waals surface area (Å²) in [4.78, 5) is 11.1. The van der Waals surface area contributed by atoms with Crippen LogP contribution in [0.5, 0.6) is 0 Å². The Balaban J connectivity index is 2.43. The first-order valence-electron chi connectivity index (χ1n) is 4.27. The zero-order chi connectivity index (χ0) is 10.2. The highest BCUT2D eigenvalue weighted by Crippen LogP contribution is 2.25. The molecule has 4 nitrogen and oxygen atoms in total. The molecule has 1 heterocycles. The smallest absolute Gasteiger partial charge is 0.262 e. The van der Waals surface area contributed by atoms with Crippen LogP contribution in [0.25, 0.3) is 6.08 Å². The Morgan fingerprint density at radius 2 is 2.07 bits per heavy atom. The second-order valence-electron chi connectivity index (χ2n) is 3.28. The standard InChI is InChI=1S/C10H11N3O/c11-9(14)10(12)6-5-7-3-1-2-4-8(7)13-10/h1-6,13H,12H2,(H2,11,14). The van der Waals surface area contributed by atoms with Gasteiger partial charge in [-0.1, -0.05) is 24.3 Å². The zero-order valence-corrected chi connectivity index (χ0v) is 7.53. The van der Waals surface area contributed by atoms with E-state index in [4.69, 9.17) is 11.5 Å². The quantitative estimate of drug-likeness (QED) is 0.593. The molecule has 1 aromatic carbocycles. The lowest BCUT2D eigenvalue weighted by molar-refractivity contribution is -0.120. The minimum absolute atomic E-state index is 0.594. The van der Waals surface area contributed by atoms with Gasteiger partial charge in [0.1, 0.15) is 0 Å². The minimum atomic E-state index is -1.27. The summed E-state index contributed by atoms with van der Waals surface area (Å²) < 4.78 is 0. The number of para-hydroxylation sites is 1. The van der Waals surface area contributed by atoms with Gasteiger partial charge in [-0.05, 0) is 17.7 Å². The van der Waals surface area contributed by atoms with Gasteiger partial charge in [-0.25, -0.2) is 0 Å². The number of amides is 1. The van der Waals surface area contributed by atoms with E-state index in [2.05, 4.69) is 5.32 Å². The first kappa shape index (κ1) is 8.77. The maximum Gasteiger partial charge on any atom is 0.262 e. The molecule has 14 heavy (non-hydrogen) atoms. The Morgan fingerprint density at radius 1 is 1.36 bits per heavy atom. The second-order valence-corrected chi connectivity index (χ2v) is 3.28. The molecule has 1 aromatic rings. The average molecular weight is 189 g/mol. The molecular weight excluding hydrogens is 178 g/mol. The Labute approximate surface area is 81.6 Å². The van der Waals surface area contributed by atoms with Gasteiger partial charge in [0.15, 0.2) is 5.66 Å². The minimum Gasteiger partial charge on any atom is -0.366 e. The van der Waals surface area contributed by atoms with Gasteiger partial charge in [-0.2, -0.15) is 0 Å². The Bertz CT molecular complexity index is 414. The number of fused-ring (bicyclic) bond motifs is 1. The SMILES string of the molecule is NC(=O)C1(N)C=Cc2ccccc2N1. The summed E-state index contributed by atoms with van der Waals surface area (Å²) in [6.07, 6.45) is 3.36. The van der Waals surface area contributed by atoms with Gasteiger partial charge in [0.2, 0.25) is 0 Å². The van der Waals surface area contributed by atoms with E-state index in [1.165, 1.54) is 0 Å². The summed E-state index contributed by atoms with van der Waals surface area (Å²) in [7, 11) is 0. The van der Waals surface area contributed by atoms with Gasteiger partial charge in [-0.15, -0.1) is 0 Å². The molecule has 1 amide bonds. The molecule has 0 bridgehead atoms. The number of benzene rings is 1. The first-order chi connectivity index (χ1) is 6.62. The van der Waals surface area contributed by atoms with E-state index in [-0.39, 0.29) is 0 Å². The number of anilines is 1. The third kappa shape index (κ3) is 1.25. The predicted octanol–water partition coefficient (Wildman–Crippen LogP) is 0.266.